The summed E-state index contributed by atoms with van der Waals surface area (Å²) < 4.78 is 5.10. The van der Waals surface area contributed by atoms with Gasteiger partial charge in [-0.25, -0.2) is 14.6 Å². The molecular formula is C17H19N3O4S. The van der Waals surface area contributed by atoms with Crippen molar-refractivity contribution in [3.63, 3.8) is 0 Å². The molecule has 3 amide bonds. The van der Waals surface area contributed by atoms with E-state index < -0.39 is 24.0 Å². The Morgan fingerprint density at radius 3 is 2.48 bits per heavy atom. The Kier molecular flexibility index (Phi) is 6.24. The molecule has 2 N–H and O–H groups in total. The first-order valence-electron chi connectivity index (χ1n) is 7.64. The van der Waals surface area contributed by atoms with E-state index in [4.69, 9.17) is 4.74 Å². The maximum Gasteiger partial charge on any atom is 0.351 e. The van der Waals surface area contributed by atoms with E-state index in [2.05, 4.69) is 15.6 Å². The SMILES string of the molecule is Cc1nc(C)c(C(=O)O[C@H](C)C(=O)NC(=O)NCc2ccccc2)s1. The summed E-state index contributed by atoms with van der Waals surface area (Å²) in [5.41, 5.74) is 1.46. The molecule has 0 aliphatic rings. The number of hydrogen-bond acceptors (Lipinski definition) is 6. The lowest BCUT2D eigenvalue weighted by Crippen LogP contribution is -2.44. The summed E-state index contributed by atoms with van der Waals surface area (Å²) in [4.78, 5) is 40.3. The van der Waals surface area contributed by atoms with Gasteiger partial charge >= 0.3 is 12.0 Å². The smallest absolute Gasteiger partial charge is 0.351 e. The molecule has 2 aromatic rings. The van der Waals surface area contributed by atoms with Gasteiger partial charge < -0.3 is 10.1 Å². The van der Waals surface area contributed by atoms with Crippen LogP contribution in [0.25, 0.3) is 0 Å². The van der Waals surface area contributed by atoms with Crippen molar-refractivity contribution in [2.75, 3.05) is 0 Å². The number of hydrogen-bond donors (Lipinski definition) is 2. The number of benzene rings is 1. The lowest BCUT2D eigenvalue weighted by atomic mass is 10.2. The van der Waals surface area contributed by atoms with Crippen LogP contribution in [0.4, 0.5) is 4.79 Å². The summed E-state index contributed by atoms with van der Waals surface area (Å²) in [5, 5.41) is 5.45. The van der Waals surface area contributed by atoms with Crippen LogP contribution in [-0.2, 0) is 16.1 Å². The van der Waals surface area contributed by atoms with E-state index in [-0.39, 0.29) is 6.54 Å². The Balaban J connectivity index is 1.82. The Hall–Kier alpha value is -2.74. The van der Waals surface area contributed by atoms with Crippen molar-refractivity contribution in [1.29, 1.82) is 0 Å². The van der Waals surface area contributed by atoms with E-state index in [9.17, 15) is 14.4 Å². The molecular weight excluding hydrogens is 342 g/mol. The number of rotatable bonds is 5. The molecule has 1 aromatic heterocycles. The van der Waals surface area contributed by atoms with Crippen LogP contribution in [0.2, 0.25) is 0 Å². The van der Waals surface area contributed by atoms with Crippen molar-refractivity contribution in [2.24, 2.45) is 0 Å². The summed E-state index contributed by atoms with van der Waals surface area (Å²) in [6.07, 6.45) is -1.10. The quantitative estimate of drug-likeness (QED) is 0.797. The highest BCUT2D eigenvalue weighted by molar-refractivity contribution is 7.13. The number of nitrogens with one attached hydrogen (secondary N) is 2. The molecule has 8 heteroatoms. The van der Waals surface area contributed by atoms with E-state index in [1.54, 1.807) is 13.8 Å². The zero-order valence-corrected chi connectivity index (χ0v) is 15.0. The number of nitrogens with zero attached hydrogens (tertiary/aromatic N) is 1. The van der Waals surface area contributed by atoms with Crippen LogP contribution in [0.15, 0.2) is 30.3 Å². The van der Waals surface area contributed by atoms with E-state index in [0.717, 1.165) is 10.6 Å². The predicted octanol–water partition coefficient (Wildman–Crippen LogP) is 2.33. The number of aryl methyl sites for hydroxylation is 2. The third kappa shape index (κ3) is 5.39. The molecule has 0 unspecified atom stereocenters. The fraction of sp³-hybridized carbons (Fsp3) is 0.294. The fourth-order valence-corrected chi connectivity index (χ4v) is 2.83. The van der Waals surface area contributed by atoms with Crippen molar-refractivity contribution < 1.29 is 19.1 Å². The highest BCUT2D eigenvalue weighted by Gasteiger charge is 2.23. The van der Waals surface area contributed by atoms with E-state index in [1.165, 1.54) is 18.3 Å². The maximum atomic E-state index is 12.1. The molecule has 0 spiro atoms. The molecule has 0 fully saturated rings. The second-order valence-electron chi connectivity index (χ2n) is 5.35. The first kappa shape index (κ1) is 18.6. The van der Waals surface area contributed by atoms with Gasteiger partial charge in [0.25, 0.3) is 5.91 Å². The molecule has 1 heterocycles. The topological polar surface area (TPSA) is 97.4 Å². The number of amides is 3. The average Bonchev–Trinajstić information content (AvgIpc) is 2.92. The fourth-order valence-electron chi connectivity index (χ4n) is 2.02. The van der Waals surface area contributed by atoms with Gasteiger partial charge in [0.15, 0.2) is 6.10 Å². The van der Waals surface area contributed by atoms with Gasteiger partial charge in [0, 0.05) is 6.54 Å². The maximum absolute atomic E-state index is 12.1. The number of imide groups is 1. The monoisotopic (exact) mass is 361 g/mol. The zero-order chi connectivity index (χ0) is 18.4. The third-order valence-electron chi connectivity index (χ3n) is 3.27. The summed E-state index contributed by atoms with van der Waals surface area (Å²) in [7, 11) is 0. The lowest BCUT2D eigenvalue weighted by Gasteiger charge is -2.13. The van der Waals surface area contributed by atoms with Gasteiger partial charge in [0.2, 0.25) is 0 Å². The number of ether oxygens (including phenoxy) is 1. The van der Waals surface area contributed by atoms with Crippen molar-refractivity contribution in [3.8, 4) is 0 Å². The second kappa shape index (κ2) is 8.39. The van der Waals surface area contributed by atoms with Crippen LogP contribution in [-0.4, -0.2) is 29.0 Å². The van der Waals surface area contributed by atoms with Gasteiger partial charge in [-0.2, -0.15) is 0 Å². The number of urea groups is 1. The number of carbonyl (C=O) groups excluding carboxylic acids is 3. The Labute approximate surface area is 149 Å². The standard InChI is InChI=1S/C17H19N3O4S/c1-10-14(25-12(3)19-10)16(22)24-11(2)15(21)20-17(23)18-9-13-7-5-4-6-8-13/h4-8,11H,9H2,1-3H3,(H2,18,20,21,23)/t11-/m1/s1. The van der Waals surface area contributed by atoms with Crippen molar-refractivity contribution in [3.05, 3.63) is 51.5 Å². The van der Waals surface area contributed by atoms with Crippen LogP contribution < -0.4 is 10.6 Å². The van der Waals surface area contributed by atoms with Crippen LogP contribution >= 0.6 is 11.3 Å². The third-order valence-corrected chi connectivity index (χ3v) is 4.33. The van der Waals surface area contributed by atoms with Crippen molar-refractivity contribution in [1.82, 2.24) is 15.6 Å². The molecule has 0 radical (unpaired) electrons. The first-order valence-corrected chi connectivity index (χ1v) is 8.46. The summed E-state index contributed by atoms with van der Waals surface area (Å²) in [6, 6.07) is 8.63. The molecule has 2 rings (SSSR count). The highest BCUT2D eigenvalue weighted by atomic mass is 32.1. The molecule has 0 aliphatic carbocycles. The molecule has 0 aliphatic heterocycles. The van der Waals surface area contributed by atoms with Crippen molar-refractivity contribution >= 4 is 29.2 Å². The van der Waals surface area contributed by atoms with Gasteiger partial charge in [-0.1, -0.05) is 30.3 Å². The Bertz CT molecular complexity index is 773. The van der Waals surface area contributed by atoms with Crippen LogP contribution in [0.5, 0.6) is 0 Å². The first-order chi connectivity index (χ1) is 11.9. The largest absolute Gasteiger partial charge is 0.448 e. The molecule has 132 valence electrons. The summed E-state index contributed by atoms with van der Waals surface area (Å²) >= 11 is 1.20. The van der Waals surface area contributed by atoms with Gasteiger partial charge in [-0.05, 0) is 26.3 Å². The molecule has 25 heavy (non-hydrogen) atoms. The normalized spacial score (nSPS) is 11.5. The number of esters is 1. The number of carbonyl (C=O) groups is 3. The van der Waals surface area contributed by atoms with Gasteiger partial charge in [0.1, 0.15) is 4.88 Å². The van der Waals surface area contributed by atoms with Crippen molar-refractivity contribution in [2.45, 2.75) is 33.4 Å². The molecule has 1 aromatic carbocycles. The second-order valence-corrected chi connectivity index (χ2v) is 6.56. The van der Waals surface area contributed by atoms with E-state index in [0.29, 0.717) is 10.6 Å². The molecule has 0 bridgehead atoms. The zero-order valence-electron chi connectivity index (χ0n) is 14.2. The van der Waals surface area contributed by atoms with Gasteiger partial charge in [0.05, 0.1) is 10.7 Å². The van der Waals surface area contributed by atoms with Crippen LogP contribution in [0.1, 0.15) is 32.9 Å². The van der Waals surface area contributed by atoms with Crippen LogP contribution in [0.3, 0.4) is 0 Å². The van der Waals surface area contributed by atoms with Crippen LogP contribution in [0, 0.1) is 13.8 Å². The number of aromatic nitrogens is 1. The Morgan fingerprint density at radius 2 is 1.88 bits per heavy atom. The van der Waals surface area contributed by atoms with E-state index in [1.807, 2.05) is 30.3 Å². The Morgan fingerprint density at radius 1 is 1.20 bits per heavy atom. The summed E-state index contributed by atoms with van der Waals surface area (Å²) in [5.74, 6) is -1.33. The molecule has 7 nitrogen and oxygen atoms in total. The van der Waals surface area contributed by atoms with Gasteiger partial charge in [-0.15, -0.1) is 11.3 Å². The highest BCUT2D eigenvalue weighted by Crippen LogP contribution is 2.18. The predicted molar refractivity (Wildman–Crippen MR) is 93.3 cm³/mol. The van der Waals surface area contributed by atoms with Gasteiger partial charge in [-0.3, -0.25) is 10.1 Å². The molecule has 1 atom stereocenters. The average molecular weight is 361 g/mol. The summed E-state index contributed by atoms with van der Waals surface area (Å²) in [6.45, 7) is 5.16. The lowest BCUT2D eigenvalue weighted by molar-refractivity contribution is -0.127. The minimum Gasteiger partial charge on any atom is -0.448 e. The molecule has 0 saturated carbocycles. The minimum atomic E-state index is -1.10. The number of thiazole rings is 1. The van der Waals surface area contributed by atoms with E-state index >= 15 is 0 Å². The molecule has 0 saturated heterocycles. The minimum absolute atomic E-state index is 0.285.